The zero-order chi connectivity index (χ0) is 15.1. The summed E-state index contributed by atoms with van der Waals surface area (Å²) in [6.45, 7) is 6.17. The first-order chi connectivity index (χ1) is 10.3. The number of carbonyl (C=O) groups excluding carboxylic acids is 1. The Bertz CT molecular complexity index is 581. The number of rotatable bonds is 6. The zero-order valence-corrected chi connectivity index (χ0v) is 12.7. The van der Waals surface area contributed by atoms with E-state index in [0.717, 1.165) is 23.4 Å². The molecule has 0 saturated carbocycles. The Morgan fingerprint density at radius 1 is 1.00 bits per heavy atom. The summed E-state index contributed by atoms with van der Waals surface area (Å²) in [5.41, 5.74) is 2.78. The number of nitrogens with zero attached hydrogens (tertiary/aromatic N) is 1. The Labute approximate surface area is 126 Å². The highest BCUT2D eigenvalue weighted by molar-refractivity contribution is 5.99. The van der Waals surface area contributed by atoms with Gasteiger partial charge in [0.25, 0.3) is 5.91 Å². The number of para-hydroxylation sites is 1. The van der Waals surface area contributed by atoms with Crippen LogP contribution < -0.4 is 5.32 Å². The van der Waals surface area contributed by atoms with E-state index in [4.69, 9.17) is 0 Å². The van der Waals surface area contributed by atoms with Crippen molar-refractivity contribution in [3.8, 4) is 0 Å². The third-order valence-corrected chi connectivity index (χ3v) is 3.41. The smallest absolute Gasteiger partial charge is 0.256 e. The van der Waals surface area contributed by atoms with Crippen LogP contribution in [0.1, 0.15) is 29.8 Å². The SMILES string of the molecule is CCNc1ccccc1C(=O)N(CC)Cc1ccccc1. The van der Waals surface area contributed by atoms with Gasteiger partial charge in [-0.3, -0.25) is 4.79 Å². The molecule has 2 rings (SSSR count). The van der Waals surface area contributed by atoms with E-state index < -0.39 is 0 Å². The fourth-order valence-electron chi connectivity index (χ4n) is 2.32. The van der Waals surface area contributed by atoms with Crippen LogP contribution in [0.15, 0.2) is 54.6 Å². The molecule has 0 bridgehead atoms. The molecule has 0 unspecified atom stereocenters. The maximum atomic E-state index is 12.8. The lowest BCUT2D eigenvalue weighted by atomic mass is 10.1. The quantitative estimate of drug-likeness (QED) is 0.874. The van der Waals surface area contributed by atoms with Gasteiger partial charge in [-0.1, -0.05) is 42.5 Å². The van der Waals surface area contributed by atoms with E-state index in [0.29, 0.717) is 13.1 Å². The predicted molar refractivity (Wildman–Crippen MR) is 87.5 cm³/mol. The number of amides is 1. The summed E-state index contributed by atoms with van der Waals surface area (Å²) in [5, 5.41) is 3.25. The van der Waals surface area contributed by atoms with Crippen molar-refractivity contribution in [2.45, 2.75) is 20.4 Å². The molecule has 0 aliphatic carbocycles. The Morgan fingerprint density at radius 3 is 2.33 bits per heavy atom. The summed E-state index contributed by atoms with van der Waals surface area (Å²) < 4.78 is 0. The molecule has 0 atom stereocenters. The standard InChI is InChI=1S/C18H22N2O/c1-3-19-17-13-9-8-12-16(17)18(21)20(4-2)14-15-10-6-5-7-11-15/h5-13,19H,3-4,14H2,1-2H3. The van der Waals surface area contributed by atoms with Gasteiger partial charge in [-0.25, -0.2) is 0 Å². The van der Waals surface area contributed by atoms with Crippen LogP contribution in [0.4, 0.5) is 5.69 Å². The number of anilines is 1. The maximum absolute atomic E-state index is 12.8. The molecule has 21 heavy (non-hydrogen) atoms. The van der Waals surface area contributed by atoms with E-state index >= 15 is 0 Å². The van der Waals surface area contributed by atoms with Crippen LogP contribution in [-0.2, 0) is 6.54 Å². The van der Waals surface area contributed by atoms with Crippen molar-refractivity contribution in [2.24, 2.45) is 0 Å². The van der Waals surface area contributed by atoms with Gasteiger partial charge in [0.1, 0.15) is 0 Å². The van der Waals surface area contributed by atoms with Crippen LogP contribution in [0, 0.1) is 0 Å². The van der Waals surface area contributed by atoms with Crippen molar-refractivity contribution < 1.29 is 4.79 Å². The number of benzene rings is 2. The number of carbonyl (C=O) groups is 1. The summed E-state index contributed by atoms with van der Waals surface area (Å²) in [5.74, 6) is 0.0675. The van der Waals surface area contributed by atoms with Gasteiger partial charge in [-0.2, -0.15) is 0 Å². The number of nitrogens with one attached hydrogen (secondary N) is 1. The van der Waals surface area contributed by atoms with Crippen molar-refractivity contribution in [2.75, 3.05) is 18.4 Å². The van der Waals surface area contributed by atoms with Crippen LogP contribution in [0.5, 0.6) is 0 Å². The minimum Gasteiger partial charge on any atom is -0.385 e. The molecular weight excluding hydrogens is 260 g/mol. The average Bonchev–Trinajstić information content (AvgIpc) is 2.54. The Kier molecular flexibility index (Phi) is 5.38. The summed E-state index contributed by atoms with van der Waals surface area (Å²) in [7, 11) is 0. The molecule has 0 heterocycles. The lowest BCUT2D eigenvalue weighted by Gasteiger charge is -2.22. The normalized spacial score (nSPS) is 10.2. The molecule has 0 aliphatic heterocycles. The molecule has 2 aromatic carbocycles. The van der Waals surface area contributed by atoms with Crippen molar-refractivity contribution in [1.82, 2.24) is 4.90 Å². The van der Waals surface area contributed by atoms with Crippen molar-refractivity contribution in [1.29, 1.82) is 0 Å². The lowest BCUT2D eigenvalue weighted by Crippen LogP contribution is -2.30. The van der Waals surface area contributed by atoms with Gasteiger partial charge >= 0.3 is 0 Å². The van der Waals surface area contributed by atoms with Gasteiger partial charge in [-0.05, 0) is 31.5 Å². The second-order valence-electron chi connectivity index (χ2n) is 4.88. The highest BCUT2D eigenvalue weighted by Gasteiger charge is 2.17. The van der Waals surface area contributed by atoms with Gasteiger partial charge in [0.2, 0.25) is 0 Å². The minimum absolute atomic E-state index is 0.0675. The van der Waals surface area contributed by atoms with Crippen molar-refractivity contribution in [3.05, 3.63) is 65.7 Å². The summed E-state index contributed by atoms with van der Waals surface area (Å²) in [6.07, 6.45) is 0. The monoisotopic (exact) mass is 282 g/mol. The maximum Gasteiger partial charge on any atom is 0.256 e. The molecule has 1 N–H and O–H groups in total. The van der Waals surface area contributed by atoms with E-state index in [1.54, 1.807) is 0 Å². The molecule has 3 heteroatoms. The van der Waals surface area contributed by atoms with E-state index in [1.165, 1.54) is 0 Å². The minimum atomic E-state index is 0.0675. The summed E-state index contributed by atoms with van der Waals surface area (Å²) in [6, 6.07) is 17.8. The van der Waals surface area contributed by atoms with Gasteiger partial charge < -0.3 is 10.2 Å². The van der Waals surface area contributed by atoms with Gasteiger partial charge in [0.15, 0.2) is 0 Å². The predicted octanol–water partition coefficient (Wildman–Crippen LogP) is 3.78. The van der Waals surface area contributed by atoms with Gasteiger partial charge in [-0.15, -0.1) is 0 Å². The van der Waals surface area contributed by atoms with E-state index in [2.05, 4.69) is 5.32 Å². The first-order valence-corrected chi connectivity index (χ1v) is 7.42. The number of hydrogen-bond donors (Lipinski definition) is 1. The highest BCUT2D eigenvalue weighted by atomic mass is 16.2. The summed E-state index contributed by atoms with van der Waals surface area (Å²) in [4.78, 5) is 14.6. The third-order valence-electron chi connectivity index (χ3n) is 3.41. The molecule has 0 fully saturated rings. The summed E-state index contributed by atoms with van der Waals surface area (Å²) >= 11 is 0. The largest absolute Gasteiger partial charge is 0.385 e. The van der Waals surface area contributed by atoms with E-state index in [-0.39, 0.29) is 5.91 Å². The van der Waals surface area contributed by atoms with Crippen LogP contribution in [-0.4, -0.2) is 23.9 Å². The van der Waals surface area contributed by atoms with E-state index in [1.807, 2.05) is 73.3 Å². The van der Waals surface area contributed by atoms with Crippen molar-refractivity contribution >= 4 is 11.6 Å². The van der Waals surface area contributed by atoms with E-state index in [9.17, 15) is 4.79 Å². The Balaban J connectivity index is 2.20. The fraction of sp³-hybridized carbons (Fsp3) is 0.278. The third kappa shape index (κ3) is 3.85. The first-order valence-electron chi connectivity index (χ1n) is 7.42. The van der Waals surface area contributed by atoms with Crippen LogP contribution >= 0.6 is 0 Å². The second kappa shape index (κ2) is 7.48. The van der Waals surface area contributed by atoms with Gasteiger partial charge in [0, 0.05) is 25.3 Å². The molecule has 1 amide bonds. The molecule has 3 nitrogen and oxygen atoms in total. The fourth-order valence-corrected chi connectivity index (χ4v) is 2.32. The molecule has 110 valence electrons. The zero-order valence-electron chi connectivity index (χ0n) is 12.7. The molecule has 0 radical (unpaired) electrons. The average molecular weight is 282 g/mol. The molecule has 0 aliphatic rings. The number of hydrogen-bond acceptors (Lipinski definition) is 2. The van der Waals surface area contributed by atoms with Crippen LogP contribution in [0.2, 0.25) is 0 Å². The second-order valence-corrected chi connectivity index (χ2v) is 4.88. The Morgan fingerprint density at radius 2 is 1.67 bits per heavy atom. The molecule has 0 aromatic heterocycles. The molecule has 0 spiro atoms. The topological polar surface area (TPSA) is 32.3 Å². The molecular formula is C18H22N2O. The van der Waals surface area contributed by atoms with Crippen LogP contribution in [0.3, 0.4) is 0 Å². The van der Waals surface area contributed by atoms with Crippen molar-refractivity contribution in [3.63, 3.8) is 0 Å². The molecule has 2 aromatic rings. The lowest BCUT2D eigenvalue weighted by molar-refractivity contribution is 0.0753. The first kappa shape index (κ1) is 15.1. The Hall–Kier alpha value is -2.29. The van der Waals surface area contributed by atoms with Crippen LogP contribution in [0.25, 0.3) is 0 Å². The molecule has 0 saturated heterocycles. The van der Waals surface area contributed by atoms with Gasteiger partial charge in [0.05, 0.1) is 5.56 Å². The highest BCUT2D eigenvalue weighted by Crippen LogP contribution is 2.18.